The van der Waals surface area contributed by atoms with Gasteiger partial charge in [0.15, 0.2) is 5.75 Å². The number of hydrogen-bond donors (Lipinski definition) is 1. The number of carbonyl (C=O) groups is 1. The minimum Gasteiger partial charge on any atom is -0.494 e. The molecule has 192 valence electrons. The summed E-state index contributed by atoms with van der Waals surface area (Å²) in [6.07, 6.45) is 3.71. The van der Waals surface area contributed by atoms with Crippen LogP contribution in [0.15, 0.2) is 35.3 Å². The molecular weight excluding hydrogens is 522 g/mol. The first-order valence-electron chi connectivity index (χ1n) is 10.4. The van der Waals surface area contributed by atoms with Crippen LogP contribution >= 0.6 is 0 Å². The summed E-state index contributed by atoms with van der Waals surface area (Å²) >= 11 is 0. The van der Waals surface area contributed by atoms with Gasteiger partial charge in [0.05, 0.1) is 36.1 Å². The highest BCUT2D eigenvalue weighted by molar-refractivity contribution is 8.09. The lowest BCUT2D eigenvalue weighted by molar-refractivity contribution is 0.0694. The summed E-state index contributed by atoms with van der Waals surface area (Å²) in [5, 5.41) is 9.19. The van der Waals surface area contributed by atoms with E-state index in [0.29, 0.717) is 25.4 Å². The van der Waals surface area contributed by atoms with Gasteiger partial charge in [0.25, 0.3) is 0 Å². The van der Waals surface area contributed by atoms with Gasteiger partial charge in [-0.3, -0.25) is 4.79 Å². The molecule has 2 aromatic carbocycles. The van der Waals surface area contributed by atoms with Crippen molar-refractivity contribution in [2.24, 2.45) is 0 Å². The molecule has 1 N–H and O–H groups in total. The first-order chi connectivity index (χ1) is 16.7. The second-order valence-corrected chi connectivity index (χ2v) is 12.3. The number of nitrogens with zero attached hydrogens (tertiary/aromatic N) is 2. The highest BCUT2D eigenvalue weighted by atomic mass is 32.3. The lowest BCUT2D eigenvalue weighted by Gasteiger charge is -2.21. The van der Waals surface area contributed by atoms with Gasteiger partial charge in [-0.25, -0.2) is 30.4 Å². The van der Waals surface area contributed by atoms with Crippen molar-refractivity contribution in [3.05, 3.63) is 57.9 Å². The molecule has 0 amide bonds. The van der Waals surface area contributed by atoms with Crippen LogP contribution in [0.4, 0.5) is 14.5 Å². The van der Waals surface area contributed by atoms with Crippen LogP contribution < -0.4 is 13.9 Å². The first kappa shape index (κ1) is 25.6. The van der Waals surface area contributed by atoms with Crippen molar-refractivity contribution in [1.29, 1.82) is 0 Å². The number of anilines is 1. The Morgan fingerprint density at radius 1 is 1.08 bits per heavy atom. The summed E-state index contributed by atoms with van der Waals surface area (Å²) in [4.78, 5) is 24.4. The number of aromatic carboxylic acids is 1. The van der Waals surface area contributed by atoms with Crippen molar-refractivity contribution in [3.63, 3.8) is 0 Å². The largest absolute Gasteiger partial charge is 0.494 e. The monoisotopic (exact) mass is 542 g/mol. The molecule has 3 aromatic rings. The molecule has 0 saturated heterocycles. The topological polar surface area (TPSA) is 140 Å². The zero-order valence-electron chi connectivity index (χ0n) is 19.2. The van der Waals surface area contributed by atoms with E-state index in [1.165, 1.54) is 11.7 Å². The average Bonchev–Trinajstić information content (AvgIpc) is 3.58. The Bertz CT molecular complexity index is 1680. The fourth-order valence-corrected chi connectivity index (χ4v) is 7.11. The van der Waals surface area contributed by atoms with Crippen molar-refractivity contribution in [2.45, 2.75) is 18.9 Å². The maximum Gasteiger partial charge on any atom is 0.341 e. The molecule has 0 spiro atoms. The van der Waals surface area contributed by atoms with E-state index in [2.05, 4.69) is 0 Å². The molecule has 1 aromatic heterocycles. The second-order valence-electron chi connectivity index (χ2n) is 8.37. The number of sulfonamides is 2. The number of hydrogen-bond acceptors (Lipinski definition) is 7. The maximum absolute atomic E-state index is 15.4. The van der Waals surface area contributed by atoms with Crippen molar-refractivity contribution < 1.29 is 40.3 Å². The summed E-state index contributed by atoms with van der Waals surface area (Å²) in [6.45, 7) is 0. The van der Waals surface area contributed by atoms with Crippen LogP contribution in [-0.2, 0) is 20.0 Å². The number of pyridine rings is 1. The molecule has 4 rings (SSSR count). The quantitative estimate of drug-likeness (QED) is 0.481. The fourth-order valence-electron chi connectivity index (χ4n) is 4.13. The van der Waals surface area contributed by atoms with Crippen LogP contribution in [0.25, 0.3) is 22.0 Å². The molecule has 1 heterocycles. The number of aromatic nitrogens is 1. The van der Waals surface area contributed by atoms with Gasteiger partial charge in [0.1, 0.15) is 22.9 Å². The number of halogens is 2. The van der Waals surface area contributed by atoms with E-state index in [1.54, 1.807) is 0 Å². The normalized spacial score (nSPS) is 14.1. The van der Waals surface area contributed by atoms with Gasteiger partial charge >= 0.3 is 5.97 Å². The molecule has 0 atom stereocenters. The van der Waals surface area contributed by atoms with Gasteiger partial charge in [-0.1, -0.05) is 6.07 Å². The van der Waals surface area contributed by atoms with Crippen LogP contribution in [-0.4, -0.2) is 52.1 Å². The summed E-state index contributed by atoms with van der Waals surface area (Å²) in [5.74, 6) is -3.94. The molecule has 14 heteroatoms. The molecule has 1 fully saturated rings. The summed E-state index contributed by atoms with van der Waals surface area (Å²) < 4.78 is 85.4. The van der Waals surface area contributed by atoms with Gasteiger partial charge < -0.3 is 14.4 Å². The molecule has 1 aliphatic carbocycles. The Morgan fingerprint density at radius 2 is 1.69 bits per heavy atom. The lowest BCUT2D eigenvalue weighted by Crippen LogP contribution is -2.35. The summed E-state index contributed by atoms with van der Waals surface area (Å²) in [5.41, 5.74) is -2.55. The standard InChI is InChI=1S/C22H20F2N2O8S2/c1-34-21-18(11-4-7-17(15(23)8-11)26(35(2,30)31)36(3,32)33)16(24)9-13-19(21)25(12-5-6-12)10-14(20(13)27)22(28)29/h4,7-10,12H,5-6H2,1-3H3,(H,28,29). The number of ether oxygens (including phenoxy) is 1. The first-order valence-corrected chi connectivity index (χ1v) is 14.1. The van der Waals surface area contributed by atoms with Crippen LogP contribution in [0.3, 0.4) is 0 Å². The molecule has 1 saturated carbocycles. The van der Waals surface area contributed by atoms with Crippen molar-refractivity contribution in [2.75, 3.05) is 23.3 Å². The van der Waals surface area contributed by atoms with Crippen molar-refractivity contribution in [1.82, 2.24) is 4.57 Å². The lowest BCUT2D eigenvalue weighted by atomic mass is 9.99. The molecule has 0 unspecified atom stereocenters. The Kier molecular flexibility index (Phi) is 6.07. The summed E-state index contributed by atoms with van der Waals surface area (Å²) in [7, 11) is -7.66. The molecular formula is C22H20F2N2O8S2. The van der Waals surface area contributed by atoms with Crippen molar-refractivity contribution in [3.8, 4) is 16.9 Å². The molecule has 10 nitrogen and oxygen atoms in total. The van der Waals surface area contributed by atoms with Crippen LogP contribution in [0.2, 0.25) is 0 Å². The molecule has 0 aliphatic heterocycles. The molecule has 0 radical (unpaired) electrons. The van der Waals surface area contributed by atoms with Crippen LogP contribution in [0, 0.1) is 11.6 Å². The average molecular weight is 543 g/mol. The third-order valence-corrected chi connectivity index (χ3v) is 8.86. The van der Waals surface area contributed by atoms with Crippen molar-refractivity contribution >= 4 is 42.6 Å². The zero-order chi connectivity index (χ0) is 26.7. The number of benzene rings is 2. The number of fused-ring (bicyclic) bond motifs is 1. The van der Waals surface area contributed by atoms with E-state index >= 15 is 8.78 Å². The Balaban J connectivity index is 2.03. The van der Waals surface area contributed by atoms with E-state index in [1.807, 2.05) is 0 Å². The minimum atomic E-state index is -4.43. The Morgan fingerprint density at radius 3 is 2.17 bits per heavy atom. The van der Waals surface area contributed by atoms with Gasteiger partial charge in [-0.15, -0.1) is 0 Å². The van der Waals surface area contributed by atoms with Crippen LogP contribution in [0.1, 0.15) is 29.2 Å². The van der Waals surface area contributed by atoms with Gasteiger partial charge in [-0.05, 0) is 36.6 Å². The summed E-state index contributed by atoms with van der Waals surface area (Å²) in [6, 6.07) is 3.41. The highest BCUT2D eigenvalue weighted by Crippen LogP contribution is 2.44. The van der Waals surface area contributed by atoms with Gasteiger partial charge in [-0.2, -0.15) is 3.71 Å². The predicted molar refractivity (Wildman–Crippen MR) is 128 cm³/mol. The Labute approximate surface area is 204 Å². The molecule has 0 bridgehead atoms. The molecule has 1 aliphatic rings. The van der Waals surface area contributed by atoms with Crippen LogP contribution in [0.5, 0.6) is 5.75 Å². The maximum atomic E-state index is 15.4. The third kappa shape index (κ3) is 4.30. The SMILES string of the molecule is COc1c(-c2ccc(N(S(C)(=O)=O)S(C)(=O)=O)c(F)c2)c(F)cc2c(=O)c(C(=O)O)cn(C3CC3)c12. The van der Waals surface area contributed by atoms with Gasteiger partial charge in [0.2, 0.25) is 25.5 Å². The van der Waals surface area contributed by atoms with Gasteiger partial charge in [0, 0.05) is 12.2 Å². The molecule has 36 heavy (non-hydrogen) atoms. The van der Waals surface area contributed by atoms with E-state index in [0.717, 1.165) is 30.5 Å². The minimum absolute atomic E-state index is 0.0781. The van der Waals surface area contributed by atoms with E-state index in [4.69, 9.17) is 4.74 Å². The number of rotatable bonds is 7. The second kappa shape index (κ2) is 8.55. The fraction of sp³-hybridized carbons (Fsp3) is 0.273. The van der Waals surface area contributed by atoms with E-state index in [-0.39, 0.29) is 37.5 Å². The Hall–Kier alpha value is -3.52. The van der Waals surface area contributed by atoms with E-state index in [9.17, 15) is 31.5 Å². The number of carboxylic acid groups (broad SMARTS) is 1. The number of methoxy groups -OCH3 is 1. The zero-order valence-corrected chi connectivity index (χ0v) is 20.8. The third-order valence-electron chi connectivity index (χ3n) is 5.63. The van der Waals surface area contributed by atoms with E-state index < -0.39 is 54.3 Å². The predicted octanol–water partition coefficient (Wildman–Crippen LogP) is 2.71. The number of carboxylic acids is 1. The highest BCUT2D eigenvalue weighted by Gasteiger charge is 2.32. The smallest absolute Gasteiger partial charge is 0.341 e.